The summed E-state index contributed by atoms with van der Waals surface area (Å²) in [6.45, 7) is 9.81. The molecule has 1 unspecified atom stereocenters. The highest BCUT2D eigenvalue weighted by molar-refractivity contribution is 5.81. The number of hydrogen-bond donors (Lipinski definition) is 2. The Hall–Kier alpha value is -0.650. The number of nitrogens with one attached hydrogen (secondary N) is 2. The average molecular weight is 243 g/mol. The van der Waals surface area contributed by atoms with E-state index in [2.05, 4.69) is 22.5 Å². The van der Waals surface area contributed by atoms with Gasteiger partial charge in [0.15, 0.2) is 0 Å². The molecule has 0 bridgehead atoms. The van der Waals surface area contributed by atoms with Gasteiger partial charge in [0.25, 0.3) is 0 Å². The van der Waals surface area contributed by atoms with Crippen molar-refractivity contribution in [1.82, 2.24) is 15.5 Å². The van der Waals surface area contributed by atoms with Crippen LogP contribution in [-0.4, -0.2) is 62.8 Å². The number of amides is 1. The van der Waals surface area contributed by atoms with Crippen LogP contribution in [-0.2, 0) is 9.53 Å². The molecule has 5 nitrogen and oxygen atoms in total. The monoisotopic (exact) mass is 243 g/mol. The lowest BCUT2D eigenvalue weighted by Gasteiger charge is -2.31. The molecule has 1 aliphatic heterocycles. The van der Waals surface area contributed by atoms with Gasteiger partial charge in [-0.3, -0.25) is 9.69 Å². The molecule has 0 aromatic rings. The second-order valence-corrected chi connectivity index (χ2v) is 4.37. The molecular formula is C12H25N3O2. The van der Waals surface area contributed by atoms with E-state index in [9.17, 15) is 4.79 Å². The maximum atomic E-state index is 11.9. The third kappa shape index (κ3) is 5.48. The van der Waals surface area contributed by atoms with Crippen molar-refractivity contribution in [2.75, 3.05) is 45.9 Å². The van der Waals surface area contributed by atoms with Gasteiger partial charge in [-0.2, -0.15) is 0 Å². The van der Waals surface area contributed by atoms with E-state index in [-0.39, 0.29) is 11.9 Å². The molecule has 2 N–H and O–H groups in total. The Balaban J connectivity index is 2.13. The van der Waals surface area contributed by atoms with Crippen LogP contribution in [0.3, 0.4) is 0 Å². The van der Waals surface area contributed by atoms with E-state index in [4.69, 9.17) is 4.74 Å². The SMILES string of the molecule is CCCNCCNC(=O)C(C)N1CCOCC1. The van der Waals surface area contributed by atoms with Gasteiger partial charge in [0.2, 0.25) is 5.91 Å². The first-order valence-corrected chi connectivity index (χ1v) is 6.56. The Bertz CT molecular complexity index is 218. The van der Waals surface area contributed by atoms with E-state index >= 15 is 0 Å². The minimum absolute atomic E-state index is 0.0509. The molecule has 0 spiro atoms. The molecule has 17 heavy (non-hydrogen) atoms. The third-order valence-electron chi connectivity index (χ3n) is 3.00. The number of carbonyl (C=O) groups excluding carboxylic acids is 1. The molecule has 0 aromatic heterocycles. The molecule has 0 radical (unpaired) electrons. The molecule has 1 heterocycles. The van der Waals surface area contributed by atoms with Crippen molar-refractivity contribution in [2.45, 2.75) is 26.3 Å². The highest BCUT2D eigenvalue weighted by Gasteiger charge is 2.22. The smallest absolute Gasteiger partial charge is 0.237 e. The molecule has 1 saturated heterocycles. The van der Waals surface area contributed by atoms with Crippen LogP contribution < -0.4 is 10.6 Å². The zero-order valence-corrected chi connectivity index (χ0v) is 11.0. The van der Waals surface area contributed by atoms with Crippen molar-refractivity contribution in [3.05, 3.63) is 0 Å². The summed E-state index contributed by atoms with van der Waals surface area (Å²) in [5.74, 6) is 0.116. The summed E-state index contributed by atoms with van der Waals surface area (Å²) in [6.07, 6.45) is 1.12. The summed E-state index contributed by atoms with van der Waals surface area (Å²) in [7, 11) is 0. The van der Waals surface area contributed by atoms with Gasteiger partial charge >= 0.3 is 0 Å². The summed E-state index contributed by atoms with van der Waals surface area (Å²) >= 11 is 0. The molecular weight excluding hydrogens is 218 g/mol. The van der Waals surface area contributed by atoms with Crippen LogP contribution in [0.2, 0.25) is 0 Å². The summed E-state index contributed by atoms with van der Waals surface area (Å²) < 4.78 is 5.27. The highest BCUT2D eigenvalue weighted by Crippen LogP contribution is 2.03. The lowest BCUT2D eigenvalue weighted by Crippen LogP contribution is -2.50. The lowest BCUT2D eigenvalue weighted by molar-refractivity contribution is -0.127. The number of rotatable bonds is 7. The van der Waals surface area contributed by atoms with Gasteiger partial charge in [-0.15, -0.1) is 0 Å². The first-order valence-electron chi connectivity index (χ1n) is 6.56. The largest absolute Gasteiger partial charge is 0.379 e. The van der Waals surface area contributed by atoms with E-state index in [0.29, 0.717) is 6.54 Å². The Kier molecular flexibility index (Phi) is 7.16. The van der Waals surface area contributed by atoms with Crippen LogP contribution >= 0.6 is 0 Å². The maximum Gasteiger partial charge on any atom is 0.237 e. The van der Waals surface area contributed by atoms with E-state index in [1.807, 2.05) is 6.92 Å². The van der Waals surface area contributed by atoms with Crippen molar-refractivity contribution in [1.29, 1.82) is 0 Å². The quantitative estimate of drug-likeness (QED) is 0.609. The summed E-state index contributed by atoms with van der Waals surface area (Å²) in [6, 6.07) is -0.0509. The fraction of sp³-hybridized carbons (Fsp3) is 0.917. The fourth-order valence-corrected chi connectivity index (χ4v) is 1.85. The molecule has 0 aliphatic carbocycles. The van der Waals surface area contributed by atoms with E-state index in [0.717, 1.165) is 45.8 Å². The van der Waals surface area contributed by atoms with Gasteiger partial charge in [0, 0.05) is 26.2 Å². The van der Waals surface area contributed by atoms with Crippen LogP contribution in [0.15, 0.2) is 0 Å². The molecule has 5 heteroatoms. The Labute approximate surface area is 104 Å². The zero-order valence-electron chi connectivity index (χ0n) is 11.0. The first kappa shape index (κ1) is 14.4. The number of ether oxygens (including phenoxy) is 1. The highest BCUT2D eigenvalue weighted by atomic mass is 16.5. The third-order valence-corrected chi connectivity index (χ3v) is 3.00. The average Bonchev–Trinajstić information content (AvgIpc) is 2.38. The molecule has 1 amide bonds. The Morgan fingerprint density at radius 3 is 2.65 bits per heavy atom. The maximum absolute atomic E-state index is 11.9. The van der Waals surface area contributed by atoms with Crippen LogP contribution in [0.5, 0.6) is 0 Å². The number of morpholine rings is 1. The summed E-state index contributed by atoms with van der Waals surface area (Å²) in [4.78, 5) is 14.0. The second kappa shape index (κ2) is 8.44. The van der Waals surface area contributed by atoms with Crippen LogP contribution in [0.25, 0.3) is 0 Å². The van der Waals surface area contributed by atoms with Crippen LogP contribution in [0, 0.1) is 0 Å². The first-order chi connectivity index (χ1) is 8.25. The molecule has 0 aromatic carbocycles. The predicted molar refractivity (Wildman–Crippen MR) is 68.0 cm³/mol. The lowest BCUT2D eigenvalue weighted by atomic mass is 10.2. The van der Waals surface area contributed by atoms with Crippen molar-refractivity contribution >= 4 is 5.91 Å². The van der Waals surface area contributed by atoms with E-state index in [1.165, 1.54) is 0 Å². The molecule has 100 valence electrons. The van der Waals surface area contributed by atoms with Crippen molar-refractivity contribution in [3.8, 4) is 0 Å². The number of nitrogens with zero attached hydrogens (tertiary/aromatic N) is 1. The van der Waals surface area contributed by atoms with Crippen LogP contribution in [0.4, 0.5) is 0 Å². The topological polar surface area (TPSA) is 53.6 Å². The van der Waals surface area contributed by atoms with Gasteiger partial charge in [-0.25, -0.2) is 0 Å². The number of hydrogen-bond acceptors (Lipinski definition) is 4. The van der Waals surface area contributed by atoms with Crippen LogP contribution in [0.1, 0.15) is 20.3 Å². The summed E-state index contributed by atoms with van der Waals surface area (Å²) in [5, 5.41) is 6.22. The number of carbonyl (C=O) groups is 1. The minimum Gasteiger partial charge on any atom is -0.379 e. The van der Waals surface area contributed by atoms with Gasteiger partial charge in [-0.05, 0) is 19.9 Å². The second-order valence-electron chi connectivity index (χ2n) is 4.37. The van der Waals surface area contributed by atoms with E-state index in [1.54, 1.807) is 0 Å². The molecule has 1 aliphatic rings. The van der Waals surface area contributed by atoms with Gasteiger partial charge in [-0.1, -0.05) is 6.92 Å². The van der Waals surface area contributed by atoms with E-state index < -0.39 is 0 Å². The van der Waals surface area contributed by atoms with Gasteiger partial charge in [0.05, 0.1) is 19.3 Å². The van der Waals surface area contributed by atoms with Gasteiger partial charge in [0.1, 0.15) is 0 Å². The van der Waals surface area contributed by atoms with Crippen molar-refractivity contribution < 1.29 is 9.53 Å². The molecule has 1 atom stereocenters. The zero-order chi connectivity index (χ0) is 12.5. The summed E-state index contributed by atoms with van der Waals surface area (Å²) in [5.41, 5.74) is 0. The van der Waals surface area contributed by atoms with Crippen molar-refractivity contribution in [2.24, 2.45) is 0 Å². The van der Waals surface area contributed by atoms with Gasteiger partial charge < -0.3 is 15.4 Å². The minimum atomic E-state index is -0.0509. The predicted octanol–water partition coefficient (Wildman–Crippen LogP) is -0.177. The Morgan fingerprint density at radius 1 is 1.29 bits per heavy atom. The normalized spacial score (nSPS) is 18.9. The molecule has 0 saturated carbocycles. The standard InChI is InChI=1S/C12H25N3O2/c1-3-4-13-5-6-14-12(16)11(2)15-7-9-17-10-8-15/h11,13H,3-10H2,1-2H3,(H,14,16). The fourth-order valence-electron chi connectivity index (χ4n) is 1.85. The molecule has 1 fully saturated rings. The van der Waals surface area contributed by atoms with Crippen molar-refractivity contribution in [3.63, 3.8) is 0 Å². The Morgan fingerprint density at radius 2 is 2.00 bits per heavy atom. The molecule has 1 rings (SSSR count).